The summed E-state index contributed by atoms with van der Waals surface area (Å²) in [6.45, 7) is 2.27. The first-order chi connectivity index (χ1) is 19.2. The van der Waals surface area contributed by atoms with Crippen molar-refractivity contribution in [1.29, 1.82) is 5.26 Å². The predicted molar refractivity (Wildman–Crippen MR) is 153 cm³/mol. The molecule has 0 radical (unpaired) electrons. The van der Waals surface area contributed by atoms with Gasteiger partial charge in [0.25, 0.3) is 5.56 Å². The molecule has 0 amide bonds. The van der Waals surface area contributed by atoms with Crippen LogP contribution in [-0.2, 0) is 13.1 Å². The van der Waals surface area contributed by atoms with Crippen LogP contribution in [0.3, 0.4) is 0 Å². The van der Waals surface area contributed by atoms with Crippen molar-refractivity contribution in [2.75, 3.05) is 23.3 Å². The number of hydrogen-bond acceptors (Lipinski definition) is 6. The number of piperidine rings is 1. The Morgan fingerprint density at radius 1 is 0.949 bits per heavy atom. The maximum absolute atomic E-state index is 14.2. The zero-order valence-corrected chi connectivity index (χ0v) is 21.6. The van der Waals surface area contributed by atoms with Gasteiger partial charge in [0.05, 0.1) is 24.5 Å². The van der Waals surface area contributed by atoms with Crippen molar-refractivity contribution in [1.82, 2.24) is 19.1 Å². The fourth-order valence-electron chi connectivity index (χ4n) is 5.31. The highest BCUT2D eigenvalue weighted by Crippen LogP contribution is 2.23. The van der Waals surface area contributed by atoms with E-state index < -0.39 is 0 Å². The van der Waals surface area contributed by atoms with E-state index in [4.69, 9.17) is 4.98 Å². The second kappa shape index (κ2) is 10.8. The lowest BCUT2D eigenvalue weighted by Gasteiger charge is -2.35. The topological polar surface area (TPSA) is 91.8 Å². The summed E-state index contributed by atoms with van der Waals surface area (Å²) in [6.07, 6.45) is 3.69. The van der Waals surface area contributed by atoms with Crippen LogP contribution in [0.1, 0.15) is 29.5 Å². The van der Waals surface area contributed by atoms with Gasteiger partial charge >= 0.3 is 0 Å². The molecule has 0 bridgehead atoms. The molecule has 3 heterocycles. The summed E-state index contributed by atoms with van der Waals surface area (Å²) in [5, 5.41) is 13.4. The van der Waals surface area contributed by atoms with Crippen molar-refractivity contribution < 1.29 is 0 Å². The average molecular weight is 516 g/mol. The van der Waals surface area contributed by atoms with Crippen LogP contribution in [0.2, 0.25) is 0 Å². The lowest BCUT2D eigenvalue weighted by Crippen LogP contribution is -2.45. The molecule has 1 aliphatic heterocycles. The Morgan fingerprint density at radius 3 is 2.49 bits per heavy atom. The van der Waals surface area contributed by atoms with Gasteiger partial charge < -0.3 is 14.8 Å². The van der Waals surface area contributed by atoms with Gasteiger partial charge in [-0.15, -0.1) is 0 Å². The van der Waals surface area contributed by atoms with E-state index in [-0.39, 0.29) is 18.1 Å². The Hall–Kier alpha value is -4.90. The standard InChI is InChI=1S/C31H29N7O/c32-18-24-12-7-8-13-25(24)20-38-30(39)28-29(33-22-37(28)19-23-10-3-1-4-11-23)35-31(38)36-17-9-16-27(21-36)34-26-14-5-2-6-15-26/h1-8,10-15,22,27,34H,9,16-17,19-21H2. The van der Waals surface area contributed by atoms with Gasteiger partial charge in [-0.1, -0.05) is 66.7 Å². The number of imidazole rings is 1. The number of aromatic nitrogens is 4. The van der Waals surface area contributed by atoms with Crippen LogP contribution in [0.15, 0.2) is 96.1 Å². The largest absolute Gasteiger partial charge is 0.381 e. The highest BCUT2D eigenvalue weighted by atomic mass is 16.1. The Labute approximate surface area is 226 Å². The van der Waals surface area contributed by atoms with E-state index in [1.54, 1.807) is 17.0 Å². The minimum atomic E-state index is -0.158. The van der Waals surface area contributed by atoms with Crippen LogP contribution in [0.25, 0.3) is 11.2 Å². The van der Waals surface area contributed by atoms with Crippen molar-refractivity contribution in [2.45, 2.75) is 32.0 Å². The van der Waals surface area contributed by atoms with E-state index in [1.807, 2.05) is 71.3 Å². The summed E-state index contributed by atoms with van der Waals surface area (Å²) in [6, 6.07) is 30.1. The molecule has 1 fully saturated rings. The fraction of sp³-hybridized carbons (Fsp3) is 0.226. The zero-order valence-electron chi connectivity index (χ0n) is 21.6. The smallest absolute Gasteiger partial charge is 0.281 e. The molecule has 1 aliphatic rings. The molecule has 1 atom stereocenters. The van der Waals surface area contributed by atoms with Crippen molar-refractivity contribution in [3.05, 3.63) is 118 Å². The molecule has 3 aromatic carbocycles. The zero-order chi connectivity index (χ0) is 26.6. The van der Waals surface area contributed by atoms with Gasteiger partial charge in [0, 0.05) is 31.4 Å². The van der Waals surface area contributed by atoms with E-state index in [0.29, 0.717) is 35.8 Å². The summed E-state index contributed by atoms with van der Waals surface area (Å²) in [4.78, 5) is 25.9. The van der Waals surface area contributed by atoms with Crippen molar-refractivity contribution in [2.24, 2.45) is 0 Å². The summed E-state index contributed by atoms with van der Waals surface area (Å²) < 4.78 is 3.58. The summed E-state index contributed by atoms with van der Waals surface area (Å²) >= 11 is 0. The molecule has 2 aromatic heterocycles. The molecular weight excluding hydrogens is 486 g/mol. The highest BCUT2D eigenvalue weighted by molar-refractivity contribution is 5.72. The molecule has 0 spiro atoms. The molecule has 0 aliphatic carbocycles. The van der Waals surface area contributed by atoms with Crippen molar-refractivity contribution in [3.63, 3.8) is 0 Å². The number of anilines is 2. The van der Waals surface area contributed by atoms with Gasteiger partial charge in [0.15, 0.2) is 11.2 Å². The van der Waals surface area contributed by atoms with E-state index in [0.717, 1.165) is 36.2 Å². The monoisotopic (exact) mass is 515 g/mol. The summed E-state index contributed by atoms with van der Waals surface area (Å²) in [7, 11) is 0. The Kier molecular flexibility index (Phi) is 6.79. The van der Waals surface area contributed by atoms with Gasteiger partial charge in [-0.25, -0.2) is 4.98 Å². The first kappa shape index (κ1) is 24.4. The molecule has 1 saturated heterocycles. The van der Waals surface area contributed by atoms with E-state index >= 15 is 0 Å². The number of hydrogen-bond donors (Lipinski definition) is 1. The SMILES string of the molecule is N#Cc1ccccc1Cn1c(N2CCCC(Nc3ccccc3)C2)nc2ncn(Cc3ccccc3)c2c1=O. The van der Waals surface area contributed by atoms with Crippen LogP contribution in [0.4, 0.5) is 11.6 Å². The van der Waals surface area contributed by atoms with E-state index in [2.05, 4.69) is 33.4 Å². The van der Waals surface area contributed by atoms with E-state index in [1.165, 1.54) is 0 Å². The number of nitriles is 1. The number of benzene rings is 3. The molecule has 39 heavy (non-hydrogen) atoms. The van der Waals surface area contributed by atoms with Gasteiger partial charge in [0.2, 0.25) is 5.95 Å². The number of fused-ring (bicyclic) bond motifs is 1. The summed E-state index contributed by atoms with van der Waals surface area (Å²) in [5.74, 6) is 0.588. The molecule has 8 nitrogen and oxygen atoms in total. The van der Waals surface area contributed by atoms with E-state index in [9.17, 15) is 10.1 Å². The predicted octanol–water partition coefficient (Wildman–Crippen LogP) is 4.64. The van der Waals surface area contributed by atoms with Crippen LogP contribution >= 0.6 is 0 Å². The fourth-order valence-corrected chi connectivity index (χ4v) is 5.31. The Morgan fingerprint density at radius 2 is 1.69 bits per heavy atom. The third-order valence-electron chi connectivity index (χ3n) is 7.22. The maximum Gasteiger partial charge on any atom is 0.281 e. The minimum absolute atomic E-state index is 0.158. The molecular formula is C31H29N7O. The van der Waals surface area contributed by atoms with Gasteiger partial charge in [0.1, 0.15) is 0 Å². The van der Waals surface area contributed by atoms with Crippen molar-refractivity contribution >= 4 is 22.8 Å². The first-order valence-electron chi connectivity index (χ1n) is 13.2. The van der Waals surface area contributed by atoms with Crippen LogP contribution < -0.4 is 15.8 Å². The number of nitrogens with zero attached hydrogens (tertiary/aromatic N) is 6. The lowest BCUT2D eigenvalue weighted by molar-refractivity contribution is 0.512. The molecule has 194 valence electrons. The number of para-hydroxylation sites is 1. The van der Waals surface area contributed by atoms with Gasteiger partial charge in [-0.2, -0.15) is 10.2 Å². The Bertz CT molecular complexity index is 1690. The molecule has 1 N–H and O–H groups in total. The second-order valence-electron chi connectivity index (χ2n) is 9.90. The Balaban J connectivity index is 1.42. The molecule has 1 unspecified atom stereocenters. The third-order valence-corrected chi connectivity index (χ3v) is 7.22. The van der Waals surface area contributed by atoms with Crippen LogP contribution in [0.5, 0.6) is 0 Å². The van der Waals surface area contributed by atoms with Gasteiger partial charge in [-0.3, -0.25) is 9.36 Å². The molecule has 6 rings (SSSR count). The maximum atomic E-state index is 14.2. The quantitative estimate of drug-likeness (QED) is 0.340. The molecule has 8 heteroatoms. The molecule has 0 saturated carbocycles. The molecule has 5 aromatic rings. The third kappa shape index (κ3) is 5.12. The van der Waals surface area contributed by atoms with Crippen LogP contribution in [-0.4, -0.2) is 38.2 Å². The van der Waals surface area contributed by atoms with Crippen molar-refractivity contribution in [3.8, 4) is 6.07 Å². The van der Waals surface area contributed by atoms with Gasteiger partial charge in [-0.05, 0) is 42.2 Å². The summed E-state index contributed by atoms with van der Waals surface area (Å²) in [5.41, 5.74) is 4.24. The van der Waals surface area contributed by atoms with Crippen LogP contribution in [0, 0.1) is 11.3 Å². The average Bonchev–Trinajstić information content (AvgIpc) is 3.38. The number of nitrogens with one attached hydrogen (secondary N) is 1. The second-order valence-corrected chi connectivity index (χ2v) is 9.90. The normalized spacial score (nSPS) is 15.3. The number of rotatable bonds is 7. The first-order valence-corrected chi connectivity index (χ1v) is 13.2. The lowest BCUT2D eigenvalue weighted by atomic mass is 10.1. The minimum Gasteiger partial charge on any atom is -0.381 e. The highest BCUT2D eigenvalue weighted by Gasteiger charge is 2.26.